The zero-order valence-electron chi connectivity index (χ0n) is 20.3. The van der Waals surface area contributed by atoms with Gasteiger partial charge in [0.15, 0.2) is 0 Å². The number of sulfonamides is 1. The van der Waals surface area contributed by atoms with Crippen LogP contribution in [0.1, 0.15) is 35.7 Å². The third-order valence-corrected chi connectivity index (χ3v) is 8.27. The van der Waals surface area contributed by atoms with E-state index in [2.05, 4.69) is 28.9 Å². The van der Waals surface area contributed by atoms with Crippen LogP contribution in [0.5, 0.6) is 0 Å². The molecule has 0 saturated carbocycles. The van der Waals surface area contributed by atoms with Crippen LogP contribution in [-0.4, -0.2) is 50.5 Å². The van der Waals surface area contributed by atoms with Crippen molar-refractivity contribution >= 4 is 10.0 Å². The van der Waals surface area contributed by atoms with E-state index in [1.165, 1.54) is 4.31 Å². The lowest BCUT2D eigenvalue weighted by Crippen LogP contribution is -2.38. The molecule has 0 spiro atoms. The van der Waals surface area contributed by atoms with E-state index >= 15 is 0 Å². The molecular weight excluding hydrogens is 456 g/mol. The van der Waals surface area contributed by atoms with Gasteiger partial charge in [-0.15, -0.1) is 0 Å². The van der Waals surface area contributed by atoms with E-state index in [1.54, 1.807) is 12.1 Å². The summed E-state index contributed by atoms with van der Waals surface area (Å²) < 4.78 is 34.5. The summed E-state index contributed by atoms with van der Waals surface area (Å²) in [4.78, 5) is 2.58. The van der Waals surface area contributed by atoms with Crippen molar-refractivity contribution in [2.24, 2.45) is 0 Å². The Morgan fingerprint density at radius 3 is 2.06 bits per heavy atom. The van der Waals surface area contributed by atoms with Crippen LogP contribution in [0.25, 0.3) is 0 Å². The van der Waals surface area contributed by atoms with Gasteiger partial charge in [0.2, 0.25) is 10.0 Å². The van der Waals surface area contributed by atoms with Crippen molar-refractivity contribution in [3.05, 3.63) is 102 Å². The SMILES string of the molecule is Cc1ccc(S(=O)(=O)N(CC#CC(c2ccccc2)N2CCOCC2)[C@@H](C)c2ccccc2)cc1. The number of hydrogen-bond donors (Lipinski definition) is 0. The summed E-state index contributed by atoms with van der Waals surface area (Å²) in [5.74, 6) is 6.62. The van der Waals surface area contributed by atoms with Crippen LogP contribution in [0.4, 0.5) is 0 Å². The summed E-state index contributed by atoms with van der Waals surface area (Å²) in [6, 6.07) is 26.4. The van der Waals surface area contributed by atoms with Gasteiger partial charge in [-0.1, -0.05) is 90.2 Å². The van der Waals surface area contributed by atoms with Gasteiger partial charge < -0.3 is 4.74 Å². The first-order valence-electron chi connectivity index (χ1n) is 12.0. The Morgan fingerprint density at radius 1 is 0.886 bits per heavy atom. The molecule has 4 rings (SSSR count). The second-order valence-corrected chi connectivity index (χ2v) is 10.6. The highest BCUT2D eigenvalue weighted by molar-refractivity contribution is 7.89. The van der Waals surface area contributed by atoms with E-state index in [0.717, 1.165) is 29.8 Å². The summed E-state index contributed by atoms with van der Waals surface area (Å²) in [6.07, 6.45) is 0. The average Bonchev–Trinajstić information content (AvgIpc) is 2.90. The van der Waals surface area contributed by atoms with Gasteiger partial charge in [0.25, 0.3) is 0 Å². The van der Waals surface area contributed by atoms with Crippen LogP contribution in [0.2, 0.25) is 0 Å². The summed E-state index contributed by atoms with van der Waals surface area (Å²) in [7, 11) is -3.76. The monoisotopic (exact) mass is 488 g/mol. The smallest absolute Gasteiger partial charge is 0.244 e. The van der Waals surface area contributed by atoms with Gasteiger partial charge in [-0.25, -0.2) is 8.42 Å². The topological polar surface area (TPSA) is 49.9 Å². The molecule has 1 fully saturated rings. The van der Waals surface area contributed by atoms with Crippen molar-refractivity contribution in [3.8, 4) is 11.8 Å². The zero-order chi connectivity index (χ0) is 24.7. The van der Waals surface area contributed by atoms with Gasteiger partial charge in [0.05, 0.1) is 30.7 Å². The third kappa shape index (κ3) is 6.19. The van der Waals surface area contributed by atoms with Gasteiger partial charge >= 0.3 is 0 Å². The molecule has 5 nitrogen and oxygen atoms in total. The molecule has 182 valence electrons. The molecule has 0 aromatic heterocycles. The number of nitrogens with zero attached hydrogens (tertiary/aromatic N) is 2. The molecule has 35 heavy (non-hydrogen) atoms. The Morgan fingerprint density at radius 2 is 1.46 bits per heavy atom. The summed E-state index contributed by atoms with van der Waals surface area (Å²) in [5.41, 5.74) is 3.05. The fourth-order valence-corrected chi connectivity index (χ4v) is 5.77. The Balaban J connectivity index is 1.67. The van der Waals surface area contributed by atoms with Crippen LogP contribution >= 0.6 is 0 Å². The van der Waals surface area contributed by atoms with Gasteiger partial charge in [0, 0.05) is 19.1 Å². The molecule has 3 aromatic carbocycles. The first kappa shape index (κ1) is 25.2. The van der Waals surface area contributed by atoms with E-state index in [1.807, 2.05) is 74.5 Å². The largest absolute Gasteiger partial charge is 0.379 e. The minimum Gasteiger partial charge on any atom is -0.379 e. The number of aryl methyl sites for hydroxylation is 1. The first-order valence-corrected chi connectivity index (χ1v) is 13.4. The number of rotatable bonds is 7. The van der Waals surface area contributed by atoms with Crippen LogP contribution in [0.3, 0.4) is 0 Å². The first-order chi connectivity index (χ1) is 17.0. The predicted molar refractivity (Wildman–Crippen MR) is 139 cm³/mol. The molecule has 0 N–H and O–H groups in total. The molecule has 6 heteroatoms. The van der Waals surface area contributed by atoms with Crippen molar-refractivity contribution in [1.29, 1.82) is 0 Å². The van der Waals surface area contributed by atoms with Gasteiger partial charge in [0.1, 0.15) is 0 Å². The molecule has 0 bridgehead atoms. The molecule has 1 aliphatic rings. The quantitative estimate of drug-likeness (QED) is 0.447. The van der Waals surface area contributed by atoms with Crippen LogP contribution in [-0.2, 0) is 14.8 Å². The molecule has 1 saturated heterocycles. The van der Waals surface area contributed by atoms with E-state index < -0.39 is 10.0 Å². The van der Waals surface area contributed by atoms with Crippen molar-refractivity contribution in [3.63, 3.8) is 0 Å². The van der Waals surface area contributed by atoms with Crippen LogP contribution < -0.4 is 0 Å². The van der Waals surface area contributed by atoms with Crippen molar-refractivity contribution in [2.45, 2.75) is 30.8 Å². The fraction of sp³-hybridized carbons (Fsp3) is 0.310. The van der Waals surface area contributed by atoms with Crippen molar-refractivity contribution < 1.29 is 13.2 Å². The summed E-state index contributed by atoms with van der Waals surface area (Å²) in [6.45, 7) is 6.88. The number of ether oxygens (including phenoxy) is 1. The normalized spacial score (nSPS) is 16.3. The number of benzene rings is 3. The Labute approximate surface area is 209 Å². The average molecular weight is 489 g/mol. The lowest BCUT2D eigenvalue weighted by Gasteiger charge is -2.32. The van der Waals surface area contributed by atoms with Gasteiger partial charge in [-0.2, -0.15) is 4.31 Å². The van der Waals surface area contributed by atoms with Crippen LogP contribution in [0.15, 0.2) is 89.8 Å². The Bertz CT molecular complexity index is 1240. The van der Waals surface area contributed by atoms with E-state index in [0.29, 0.717) is 13.2 Å². The molecule has 0 amide bonds. The molecular formula is C29H32N2O3S. The molecule has 1 unspecified atom stereocenters. The number of hydrogen-bond acceptors (Lipinski definition) is 4. The number of morpholine rings is 1. The molecule has 1 aliphatic heterocycles. The van der Waals surface area contributed by atoms with Gasteiger partial charge in [-0.3, -0.25) is 4.90 Å². The molecule has 0 aliphatic carbocycles. The van der Waals surface area contributed by atoms with E-state index in [4.69, 9.17) is 4.74 Å². The highest BCUT2D eigenvalue weighted by Crippen LogP contribution is 2.28. The van der Waals surface area contributed by atoms with E-state index in [-0.39, 0.29) is 23.5 Å². The molecule has 2 atom stereocenters. The molecule has 1 heterocycles. The third-order valence-electron chi connectivity index (χ3n) is 6.34. The standard InChI is InChI=1S/C29H32N2O3S/c1-24-15-17-28(18-16-24)35(32,33)31(25(2)26-10-5-3-6-11-26)19-9-14-29(27-12-7-4-8-13-27)30-20-22-34-23-21-30/h3-8,10-13,15-18,25,29H,19-23H2,1-2H3/t25-,29?/m0/s1. The predicted octanol–water partition coefficient (Wildman–Crippen LogP) is 4.82. The van der Waals surface area contributed by atoms with Crippen LogP contribution in [0, 0.1) is 18.8 Å². The Hall–Kier alpha value is -2.95. The minimum absolute atomic E-state index is 0.0972. The fourth-order valence-electron chi connectivity index (χ4n) is 4.25. The zero-order valence-corrected chi connectivity index (χ0v) is 21.1. The highest BCUT2D eigenvalue weighted by Gasteiger charge is 2.29. The maximum atomic E-state index is 13.7. The van der Waals surface area contributed by atoms with Gasteiger partial charge in [-0.05, 0) is 37.1 Å². The molecule has 0 radical (unpaired) electrons. The maximum absolute atomic E-state index is 13.7. The van der Waals surface area contributed by atoms with Crippen molar-refractivity contribution in [1.82, 2.24) is 9.21 Å². The van der Waals surface area contributed by atoms with E-state index in [9.17, 15) is 8.42 Å². The summed E-state index contributed by atoms with van der Waals surface area (Å²) in [5, 5.41) is 0. The lowest BCUT2D eigenvalue weighted by atomic mass is 10.1. The second-order valence-electron chi connectivity index (χ2n) is 8.73. The minimum atomic E-state index is -3.76. The lowest BCUT2D eigenvalue weighted by molar-refractivity contribution is 0.0269. The highest BCUT2D eigenvalue weighted by atomic mass is 32.2. The molecule has 3 aromatic rings. The second kappa shape index (κ2) is 11.7. The van der Waals surface area contributed by atoms with Crippen molar-refractivity contribution in [2.75, 3.05) is 32.8 Å². The Kier molecular flexibility index (Phi) is 8.37. The maximum Gasteiger partial charge on any atom is 0.244 e. The summed E-state index contributed by atoms with van der Waals surface area (Å²) >= 11 is 0.